The lowest BCUT2D eigenvalue weighted by atomic mass is 10.1. The smallest absolute Gasteiger partial charge is 0.222 e. The van der Waals surface area contributed by atoms with Gasteiger partial charge in [-0.25, -0.2) is 0 Å². The Balaban J connectivity index is 1.94. The third-order valence-electron chi connectivity index (χ3n) is 2.91. The lowest BCUT2D eigenvalue weighted by Crippen LogP contribution is -2.24. The normalized spacial score (nSPS) is 21.2. The second kappa shape index (κ2) is 4.18. The van der Waals surface area contributed by atoms with Gasteiger partial charge in [0.15, 0.2) is 0 Å². The molecule has 1 atom stereocenters. The second-order valence-electron chi connectivity index (χ2n) is 4.12. The Morgan fingerprint density at radius 1 is 1.41 bits per heavy atom. The molecule has 1 fully saturated rings. The lowest BCUT2D eigenvalue weighted by Gasteiger charge is -2.10. The van der Waals surface area contributed by atoms with E-state index in [9.17, 15) is 4.79 Å². The van der Waals surface area contributed by atoms with E-state index in [-0.39, 0.29) is 11.9 Å². The quantitative estimate of drug-likeness (QED) is 0.767. The minimum Gasteiger partial charge on any atom is -0.459 e. The topological polar surface area (TPSA) is 67.2 Å². The molecule has 2 aromatic heterocycles. The molecule has 5 heteroatoms. The molecular formula is C12H13N3O2. The van der Waals surface area contributed by atoms with Crippen LogP contribution in [-0.2, 0) is 4.79 Å². The summed E-state index contributed by atoms with van der Waals surface area (Å²) in [7, 11) is 0. The molecule has 3 heterocycles. The summed E-state index contributed by atoms with van der Waals surface area (Å²) >= 11 is 0. The zero-order valence-corrected chi connectivity index (χ0v) is 9.27. The Kier molecular flexibility index (Phi) is 2.53. The summed E-state index contributed by atoms with van der Waals surface area (Å²) < 4.78 is 5.73. The van der Waals surface area contributed by atoms with Gasteiger partial charge in [0, 0.05) is 37.3 Å². The van der Waals surface area contributed by atoms with E-state index in [0.717, 1.165) is 23.3 Å². The monoisotopic (exact) mass is 231 g/mol. The number of carbonyl (C=O) groups is 1. The molecule has 1 aliphatic heterocycles. The van der Waals surface area contributed by atoms with Crippen molar-refractivity contribution < 1.29 is 9.21 Å². The summed E-state index contributed by atoms with van der Waals surface area (Å²) in [6.07, 6.45) is 3.87. The maximum atomic E-state index is 11.5. The van der Waals surface area contributed by atoms with Gasteiger partial charge in [-0.3, -0.25) is 9.78 Å². The minimum atomic E-state index is -0.0510. The first kappa shape index (κ1) is 10.3. The van der Waals surface area contributed by atoms with E-state index in [2.05, 4.69) is 15.6 Å². The van der Waals surface area contributed by atoms with Gasteiger partial charge in [0.1, 0.15) is 11.3 Å². The fraction of sp³-hybridized carbons (Fsp3) is 0.333. The molecule has 1 amide bonds. The van der Waals surface area contributed by atoms with Gasteiger partial charge < -0.3 is 15.1 Å². The molecule has 1 aliphatic rings. The number of rotatable bonds is 1. The molecule has 5 nitrogen and oxygen atoms in total. The number of fused-ring (bicyclic) bond motifs is 1. The number of carbonyl (C=O) groups excluding carboxylic acids is 1. The number of nitrogens with one attached hydrogen (secondary N) is 2. The highest BCUT2D eigenvalue weighted by molar-refractivity contribution is 5.79. The fourth-order valence-corrected chi connectivity index (χ4v) is 2.06. The van der Waals surface area contributed by atoms with Crippen molar-refractivity contribution in [3.63, 3.8) is 0 Å². The van der Waals surface area contributed by atoms with Crippen LogP contribution in [0.1, 0.15) is 18.2 Å². The van der Waals surface area contributed by atoms with Crippen LogP contribution < -0.4 is 10.6 Å². The lowest BCUT2D eigenvalue weighted by molar-refractivity contribution is -0.121. The molecule has 2 N–H and O–H groups in total. The van der Waals surface area contributed by atoms with Gasteiger partial charge >= 0.3 is 0 Å². The summed E-state index contributed by atoms with van der Waals surface area (Å²) in [5, 5.41) is 7.08. The van der Waals surface area contributed by atoms with Crippen molar-refractivity contribution >= 4 is 16.9 Å². The largest absolute Gasteiger partial charge is 0.459 e. The Morgan fingerprint density at radius 3 is 3.24 bits per heavy atom. The van der Waals surface area contributed by atoms with E-state index < -0.39 is 0 Å². The summed E-state index contributed by atoms with van der Waals surface area (Å²) in [6, 6.07) is 3.72. The first-order chi connectivity index (χ1) is 8.33. The van der Waals surface area contributed by atoms with Crippen molar-refractivity contribution in [2.75, 3.05) is 13.1 Å². The molecule has 2 aromatic rings. The van der Waals surface area contributed by atoms with E-state index in [0.29, 0.717) is 13.0 Å². The first-order valence-electron chi connectivity index (χ1n) is 5.66. The molecule has 3 rings (SSSR count). The average molecular weight is 231 g/mol. The Labute approximate surface area is 98.2 Å². The molecular weight excluding hydrogens is 218 g/mol. The third-order valence-corrected chi connectivity index (χ3v) is 2.91. The van der Waals surface area contributed by atoms with Crippen LogP contribution in [0.5, 0.6) is 0 Å². The number of pyridine rings is 1. The summed E-state index contributed by atoms with van der Waals surface area (Å²) in [5.74, 6) is 0.851. The van der Waals surface area contributed by atoms with E-state index in [1.807, 2.05) is 12.1 Å². The van der Waals surface area contributed by atoms with Crippen molar-refractivity contribution in [3.8, 4) is 0 Å². The summed E-state index contributed by atoms with van der Waals surface area (Å²) in [6.45, 7) is 1.42. The van der Waals surface area contributed by atoms with Gasteiger partial charge in [-0.2, -0.15) is 0 Å². The first-order valence-corrected chi connectivity index (χ1v) is 5.66. The van der Waals surface area contributed by atoms with Crippen LogP contribution in [-0.4, -0.2) is 24.0 Å². The number of aromatic nitrogens is 1. The number of hydrogen-bond acceptors (Lipinski definition) is 4. The summed E-state index contributed by atoms with van der Waals surface area (Å²) in [4.78, 5) is 15.5. The van der Waals surface area contributed by atoms with Crippen molar-refractivity contribution in [2.24, 2.45) is 0 Å². The van der Waals surface area contributed by atoms with Crippen LogP contribution in [0.4, 0.5) is 0 Å². The maximum absolute atomic E-state index is 11.5. The van der Waals surface area contributed by atoms with Crippen LogP contribution in [0.15, 0.2) is 28.9 Å². The highest BCUT2D eigenvalue weighted by Gasteiger charge is 2.21. The Bertz CT molecular complexity index is 516. The molecule has 88 valence electrons. The van der Waals surface area contributed by atoms with Crippen LogP contribution in [0.3, 0.4) is 0 Å². The Morgan fingerprint density at radius 2 is 2.35 bits per heavy atom. The van der Waals surface area contributed by atoms with E-state index in [1.54, 1.807) is 12.4 Å². The van der Waals surface area contributed by atoms with E-state index >= 15 is 0 Å². The zero-order chi connectivity index (χ0) is 11.7. The molecule has 1 unspecified atom stereocenters. The van der Waals surface area contributed by atoms with Crippen molar-refractivity contribution in [3.05, 3.63) is 30.3 Å². The van der Waals surface area contributed by atoms with Gasteiger partial charge in [-0.05, 0) is 12.1 Å². The van der Waals surface area contributed by atoms with Gasteiger partial charge in [-0.1, -0.05) is 0 Å². The van der Waals surface area contributed by atoms with Crippen LogP contribution in [0.25, 0.3) is 11.0 Å². The fourth-order valence-electron chi connectivity index (χ4n) is 2.06. The van der Waals surface area contributed by atoms with Gasteiger partial charge in [-0.15, -0.1) is 0 Å². The molecule has 0 aliphatic carbocycles. The van der Waals surface area contributed by atoms with E-state index in [1.165, 1.54) is 0 Å². The number of furan rings is 1. The van der Waals surface area contributed by atoms with Gasteiger partial charge in [0.25, 0.3) is 0 Å². The number of amides is 1. The predicted octanol–water partition coefficient (Wildman–Crippen LogP) is 0.978. The van der Waals surface area contributed by atoms with Crippen LogP contribution >= 0.6 is 0 Å². The molecule has 1 saturated heterocycles. The highest BCUT2D eigenvalue weighted by atomic mass is 16.3. The van der Waals surface area contributed by atoms with E-state index in [4.69, 9.17) is 4.42 Å². The average Bonchev–Trinajstić information content (AvgIpc) is 2.65. The van der Waals surface area contributed by atoms with Gasteiger partial charge in [0.05, 0.1) is 6.04 Å². The van der Waals surface area contributed by atoms with Gasteiger partial charge in [0.2, 0.25) is 5.91 Å². The van der Waals surface area contributed by atoms with Crippen molar-refractivity contribution in [2.45, 2.75) is 12.5 Å². The minimum absolute atomic E-state index is 0.0510. The molecule has 0 saturated carbocycles. The summed E-state index contributed by atoms with van der Waals surface area (Å²) in [5.41, 5.74) is 0.807. The van der Waals surface area contributed by atoms with Crippen LogP contribution in [0.2, 0.25) is 0 Å². The predicted molar refractivity (Wildman–Crippen MR) is 62.4 cm³/mol. The number of hydrogen-bond donors (Lipinski definition) is 2. The highest BCUT2D eigenvalue weighted by Crippen LogP contribution is 2.25. The zero-order valence-electron chi connectivity index (χ0n) is 9.27. The number of nitrogens with zero attached hydrogens (tertiary/aromatic N) is 1. The maximum Gasteiger partial charge on any atom is 0.222 e. The SMILES string of the molecule is O=C1CC(c2cc3cnccc3o2)NCCN1. The molecule has 17 heavy (non-hydrogen) atoms. The molecule has 0 spiro atoms. The molecule has 0 radical (unpaired) electrons. The van der Waals surface area contributed by atoms with Crippen molar-refractivity contribution in [1.82, 2.24) is 15.6 Å². The molecule has 0 aromatic carbocycles. The van der Waals surface area contributed by atoms with Crippen LogP contribution in [0, 0.1) is 0 Å². The standard InChI is InChI=1S/C12H13N3O2/c16-12-6-9(14-3-4-15-12)11-5-8-7-13-2-1-10(8)17-11/h1-2,5,7,9,14H,3-4,6H2,(H,15,16). The third kappa shape index (κ3) is 2.01. The Hall–Kier alpha value is -1.88. The molecule has 0 bridgehead atoms. The second-order valence-corrected chi connectivity index (χ2v) is 4.12. The van der Waals surface area contributed by atoms with Crippen molar-refractivity contribution in [1.29, 1.82) is 0 Å².